The third-order valence-electron chi connectivity index (χ3n) is 2.41. The molecule has 0 aliphatic rings. The molecule has 0 aliphatic carbocycles. The highest BCUT2D eigenvalue weighted by molar-refractivity contribution is 7.17. The number of nitrogens with one attached hydrogen (secondary N) is 1. The van der Waals surface area contributed by atoms with Gasteiger partial charge in [-0.2, -0.15) is 5.26 Å². The number of nitrogens with zero attached hydrogens (tertiary/aromatic N) is 1. The predicted molar refractivity (Wildman–Crippen MR) is 72.0 cm³/mol. The van der Waals surface area contributed by atoms with Gasteiger partial charge in [-0.3, -0.25) is 0 Å². The summed E-state index contributed by atoms with van der Waals surface area (Å²) in [5.74, 6) is 0. The van der Waals surface area contributed by atoms with E-state index in [2.05, 4.69) is 36.5 Å². The molecule has 3 nitrogen and oxygen atoms in total. The number of nitrogens with two attached hydrogens (primary N) is 1. The van der Waals surface area contributed by atoms with Crippen LogP contribution in [-0.4, -0.2) is 0 Å². The van der Waals surface area contributed by atoms with Gasteiger partial charge in [-0.25, -0.2) is 0 Å². The van der Waals surface area contributed by atoms with E-state index in [0.717, 1.165) is 11.5 Å². The molecule has 1 aromatic carbocycles. The average Bonchev–Trinajstić information content (AvgIpc) is 2.67. The van der Waals surface area contributed by atoms with Crippen LogP contribution in [0.4, 0.5) is 10.7 Å². The van der Waals surface area contributed by atoms with E-state index >= 15 is 0 Å². The highest BCUT2D eigenvalue weighted by atomic mass is 32.1. The first-order valence-corrected chi connectivity index (χ1v) is 6.09. The molecule has 0 unspecified atom stereocenters. The minimum atomic E-state index is 0.546. The lowest BCUT2D eigenvalue weighted by molar-refractivity contribution is 1.15. The largest absolute Gasteiger partial charge is 0.397 e. The van der Waals surface area contributed by atoms with Crippen LogP contribution in [0.25, 0.3) is 0 Å². The van der Waals surface area contributed by atoms with Gasteiger partial charge in [-0.15, -0.1) is 11.3 Å². The second kappa shape index (κ2) is 4.89. The van der Waals surface area contributed by atoms with Gasteiger partial charge in [0.05, 0.1) is 10.7 Å². The molecule has 4 heteroatoms. The number of aryl methyl sites for hydroxylation is 1. The van der Waals surface area contributed by atoms with E-state index in [1.54, 1.807) is 6.07 Å². The summed E-state index contributed by atoms with van der Waals surface area (Å²) in [6, 6.07) is 12.2. The number of nitriles is 1. The first-order chi connectivity index (χ1) is 8.19. The summed E-state index contributed by atoms with van der Waals surface area (Å²) < 4.78 is 0. The highest BCUT2D eigenvalue weighted by Crippen LogP contribution is 2.28. The van der Waals surface area contributed by atoms with Gasteiger partial charge in [0.1, 0.15) is 10.9 Å². The van der Waals surface area contributed by atoms with Crippen LogP contribution >= 0.6 is 11.3 Å². The fourth-order valence-electron chi connectivity index (χ4n) is 1.59. The molecule has 17 heavy (non-hydrogen) atoms. The van der Waals surface area contributed by atoms with Crippen LogP contribution in [0.2, 0.25) is 0 Å². The molecule has 86 valence electrons. The third-order valence-corrected chi connectivity index (χ3v) is 3.42. The Balaban J connectivity index is 2.05. The molecule has 1 aromatic heterocycles. The summed E-state index contributed by atoms with van der Waals surface area (Å²) in [6.07, 6.45) is 0. The Hall–Kier alpha value is -1.99. The maximum Gasteiger partial charge on any atom is 0.129 e. The molecule has 0 spiro atoms. The van der Waals surface area contributed by atoms with E-state index in [0.29, 0.717) is 10.6 Å². The van der Waals surface area contributed by atoms with Gasteiger partial charge in [-0.1, -0.05) is 29.8 Å². The van der Waals surface area contributed by atoms with Crippen LogP contribution < -0.4 is 11.1 Å². The number of hydrogen-bond donors (Lipinski definition) is 2. The van der Waals surface area contributed by atoms with Crippen molar-refractivity contribution in [2.24, 2.45) is 0 Å². The SMILES string of the molecule is Cc1cccc(CNc2cc(N)c(C#N)s2)c1. The number of nitrogen functional groups attached to an aromatic ring is 1. The molecule has 1 heterocycles. The lowest BCUT2D eigenvalue weighted by Crippen LogP contribution is -1.97. The molecule has 0 atom stereocenters. The monoisotopic (exact) mass is 243 g/mol. The second-order valence-corrected chi connectivity index (χ2v) is 4.90. The maximum absolute atomic E-state index is 8.81. The van der Waals surface area contributed by atoms with Crippen molar-refractivity contribution < 1.29 is 0 Å². The zero-order valence-electron chi connectivity index (χ0n) is 9.53. The number of benzene rings is 1. The van der Waals surface area contributed by atoms with Crippen LogP contribution in [-0.2, 0) is 6.54 Å². The molecule has 0 bridgehead atoms. The first-order valence-electron chi connectivity index (χ1n) is 5.28. The lowest BCUT2D eigenvalue weighted by atomic mass is 10.1. The third kappa shape index (κ3) is 2.77. The minimum Gasteiger partial charge on any atom is -0.397 e. The molecular weight excluding hydrogens is 230 g/mol. The Labute approximate surface area is 105 Å². The van der Waals surface area contributed by atoms with Crippen LogP contribution in [0, 0.1) is 18.3 Å². The van der Waals surface area contributed by atoms with Crippen LogP contribution in [0.1, 0.15) is 16.0 Å². The van der Waals surface area contributed by atoms with Crippen molar-refractivity contribution in [2.45, 2.75) is 13.5 Å². The van der Waals surface area contributed by atoms with E-state index in [-0.39, 0.29) is 0 Å². The zero-order chi connectivity index (χ0) is 12.3. The molecule has 0 saturated carbocycles. The van der Waals surface area contributed by atoms with Gasteiger partial charge in [0.15, 0.2) is 0 Å². The smallest absolute Gasteiger partial charge is 0.129 e. The van der Waals surface area contributed by atoms with Gasteiger partial charge in [-0.05, 0) is 18.6 Å². The predicted octanol–water partition coefficient (Wildman–Crippen LogP) is 3.12. The second-order valence-electron chi connectivity index (χ2n) is 3.85. The molecular formula is C13H13N3S. The van der Waals surface area contributed by atoms with Crippen LogP contribution in [0.3, 0.4) is 0 Å². The Morgan fingerprint density at radius 2 is 2.24 bits per heavy atom. The summed E-state index contributed by atoms with van der Waals surface area (Å²) in [4.78, 5) is 0.566. The summed E-state index contributed by atoms with van der Waals surface area (Å²) >= 11 is 1.39. The molecule has 0 radical (unpaired) electrons. The summed E-state index contributed by atoms with van der Waals surface area (Å²) in [5.41, 5.74) is 8.70. The topological polar surface area (TPSA) is 61.8 Å². The molecule has 0 aliphatic heterocycles. The molecule has 3 N–H and O–H groups in total. The Morgan fingerprint density at radius 3 is 2.88 bits per heavy atom. The van der Waals surface area contributed by atoms with Crippen LogP contribution in [0.5, 0.6) is 0 Å². The van der Waals surface area contributed by atoms with E-state index < -0.39 is 0 Å². The maximum atomic E-state index is 8.81. The normalized spacial score (nSPS) is 9.88. The van der Waals surface area contributed by atoms with E-state index in [4.69, 9.17) is 11.0 Å². The van der Waals surface area contributed by atoms with E-state index in [1.165, 1.54) is 22.5 Å². The highest BCUT2D eigenvalue weighted by Gasteiger charge is 2.04. The van der Waals surface area contributed by atoms with E-state index in [1.807, 2.05) is 6.07 Å². The number of thiophene rings is 1. The zero-order valence-corrected chi connectivity index (χ0v) is 10.3. The quantitative estimate of drug-likeness (QED) is 0.870. The Bertz CT molecular complexity index is 566. The van der Waals surface area contributed by atoms with Crippen LogP contribution in [0.15, 0.2) is 30.3 Å². The van der Waals surface area contributed by atoms with Gasteiger partial charge in [0.25, 0.3) is 0 Å². The van der Waals surface area contributed by atoms with Crippen molar-refractivity contribution in [3.8, 4) is 6.07 Å². The summed E-state index contributed by atoms with van der Waals surface area (Å²) in [5, 5.41) is 13.0. The number of anilines is 2. The molecule has 0 saturated heterocycles. The summed E-state index contributed by atoms with van der Waals surface area (Å²) in [7, 11) is 0. The van der Waals surface area contributed by atoms with Crippen molar-refractivity contribution in [3.05, 3.63) is 46.3 Å². The lowest BCUT2D eigenvalue weighted by Gasteiger charge is -2.04. The molecule has 2 aromatic rings. The summed E-state index contributed by atoms with van der Waals surface area (Å²) in [6.45, 7) is 2.81. The first kappa shape index (κ1) is 11.5. The fourth-order valence-corrected chi connectivity index (χ4v) is 2.36. The number of hydrogen-bond acceptors (Lipinski definition) is 4. The fraction of sp³-hybridized carbons (Fsp3) is 0.154. The standard InChI is InChI=1S/C13H13N3S/c1-9-3-2-4-10(5-9)8-16-13-6-11(15)12(7-14)17-13/h2-6,16H,8,15H2,1H3. The van der Waals surface area contributed by atoms with Crippen molar-refractivity contribution in [2.75, 3.05) is 11.1 Å². The number of rotatable bonds is 3. The van der Waals surface area contributed by atoms with Gasteiger partial charge in [0, 0.05) is 6.54 Å². The minimum absolute atomic E-state index is 0.546. The van der Waals surface area contributed by atoms with Gasteiger partial charge in [0.2, 0.25) is 0 Å². The Morgan fingerprint density at radius 1 is 1.41 bits per heavy atom. The van der Waals surface area contributed by atoms with Crippen molar-refractivity contribution in [1.29, 1.82) is 5.26 Å². The molecule has 0 fully saturated rings. The molecule has 2 rings (SSSR count). The Kier molecular flexibility index (Phi) is 3.31. The average molecular weight is 243 g/mol. The van der Waals surface area contributed by atoms with Crippen molar-refractivity contribution in [3.63, 3.8) is 0 Å². The van der Waals surface area contributed by atoms with E-state index in [9.17, 15) is 0 Å². The molecule has 0 amide bonds. The van der Waals surface area contributed by atoms with Gasteiger partial charge < -0.3 is 11.1 Å². The van der Waals surface area contributed by atoms with Crippen molar-refractivity contribution >= 4 is 22.0 Å². The van der Waals surface area contributed by atoms with Gasteiger partial charge >= 0.3 is 0 Å². The van der Waals surface area contributed by atoms with Crippen molar-refractivity contribution in [1.82, 2.24) is 0 Å².